The van der Waals surface area contributed by atoms with Crippen LogP contribution in [-0.4, -0.2) is 68.5 Å². The van der Waals surface area contributed by atoms with Crippen molar-refractivity contribution in [2.75, 3.05) is 28.4 Å². The standard InChI is InChI=1S/C14H38N4O5Si2/c1-9-13(17,11(3)15)24(19-5,20-6)23-25(21-7,22-8)14(18,10-2)12(4)16/h11-12H,9-10,15-18H2,1-8H3. The van der Waals surface area contributed by atoms with Crippen molar-refractivity contribution in [2.45, 2.75) is 62.9 Å². The van der Waals surface area contributed by atoms with Crippen LogP contribution < -0.4 is 22.9 Å². The van der Waals surface area contributed by atoms with Gasteiger partial charge in [0.15, 0.2) is 0 Å². The summed E-state index contributed by atoms with van der Waals surface area (Å²) < 4.78 is 29.4. The third kappa shape index (κ3) is 4.01. The van der Waals surface area contributed by atoms with Crippen LogP contribution in [0.3, 0.4) is 0 Å². The summed E-state index contributed by atoms with van der Waals surface area (Å²) in [5.74, 6) is 0. The van der Waals surface area contributed by atoms with E-state index in [1.54, 1.807) is 13.8 Å². The molecule has 0 fully saturated rings. The van der Waals surface area contributed by atoms with Gasteiger partial charge < -0.3 is 44.8 Å². The van der Waals surface area contributed by atoms with E-state index in [1.165, 1.54) is 28.4 Å². The SMILES string of the molecule is CCC(N)(C(C)N)[Si](OC)(OC)O[Si](OC)(OC)C(N)(CC)C(C)N. The van der Waals surface area contributed by atoms with E-state index in [4.69, 9.17) is 44.8 Å². The van der Waals surface area contributed by atoms with E-state index in [9.17, 15) is 0 Å². The number of hydrogen-bond donors (Lipinski definition) is 4. The summed E-state index contributed by atoms with van der Waals surface area (Å²) in [6.45, 7) is 7.37. The second-order valence-corrected chi connectivity index (χ2v) is 12.9. The quantitative estimate of drug-likeness (QED) is 0.317. The van der Waals surface area contributed by atoms with Crippen LogP contribution >= 0.6 is 0 Å². The smallest absolute Gasteiger partial charge is 0.376 e. The highest BCUT2D eigenvalue weighted by atomic mass is 28.5. The van der Waals surface area contributed by atoms with E-state index in [0.717, 1.165) is 0 Å². The van der Waals surface area contributed by atoms with Gasteiger partial charge in [0.25, 0.3) is 0 Å². The lowest BCUT2D eigenvalue weighted by molar-refractivity contribution is 0.0436. The first-order chi connectivity index (χ1) is 11.5. The highest BCUT2D eigenvalue weighted by Gasteiger charge is 2.69. The summed E-state index contributed by atoms with van der Waals surface area (Å²) >= 11 is 0. The molecule has 11 heteroatoms. The number of hydrogen-bond acceptors (Lipinski definition) is 9. The van der Waals surface area contributed by atoms with Gasteiger partial charge in [-0.3, -0.25) is 0 Å². The van der Waals surface area contributed by atoms with Crippen LogP contribution in [0.15, 0.2) is 0 Å². The second kappa shape index (κ2) is 9.32. The molecule has 0 aliphatic heterocycles. The molecule has 152 valence electrons. The lowest BCUT2D eigenvalue weighted by atomic mass is 10.1. The third-order valence-corrected chi connectivity index (χ3v) is 13.5. The van der Waals surface area contributed by atoms with Crippen LogP contribution in [0.1, 0.15) is 40.5 Å². The van der Waals surface area contributed by atoms with E-state index in [-0.39, 0.29) is 0 Å². The first-order valence-electron chi connectivity index (χ1n) is 8.46. The van der Waals surface area contributed by atoms with Crippen molar-refractivity contribution in [3.8, 4) is 0 Å². The summed E-state index contributed by atoms with van der Waals surface area (Å²) in [6.07, 6.45) is 0.941. The predicted octanol–water partition coefficient (Wildman–Crippen LogP) is -0.546. The molecule has 0 heterocycles. The molecule has 0 radical (unpaired) electrons. The molecule has 0 saturated heterocycles. The van der Waals surface area contributed by atoms with Crippen molar-refractivity contribution >= 4 is 17.6 Å². The molecule has 4 atom stereocenters. The van der Waals surface area contributed by atoms with Crippen molar-refractivity contribution in [1.29, 1.82) is 0 Å². The highest BCUT2D eigenvalue weighted by Crippen LogP contribution is 2.35. The first kappa shape index (κ1) is 25.1. The van der Waals surface area contributed by atoms with Gasteiger partial charge in [0.05, 0.1) is 0 Å². The van der Waals surface area contributed by atoms with Crippen molar-refractivity contribution < 1.29 is 21.8 Å². The molecule has 25 heavy (non-hydrogen) atoms. The molecule has 8 N–H and O–H groups in total. The summed E-state index contributed by atoms with van der Waals surface area (Å²) in [5.41, 5.74) is 25.6. The van der Waals surface area contributed by atoms with E-state index < -0.39 is 40.0 Å². The molecule has 4 unspecified atom stereocenters. The van der Waals surface area contributed by atoms with Gasteiger partial charge >= 0.3 is 17.6 Å². The maximum Gasteiger partial charge on any atom is 0.515 e. The largest absolute Gasteiger partial charge is 0.515 e. The van der Waals surface area contributed by atoms with Crippen molar-refractivity contribution in [1.82, 2.24) is 0 Å². The Balaban J connectivity index is 6.42. The molecule has 0 rings (SSSR count). The zero-order chi connectivity index (χ0) is 20.1. The molecule has 9 nitrogen and oxygen atoms in total. The van der Waals surface area contributed by atoms with Crippen LogP contribution in [0.4, 0.5) is 0 Å². The first-order valence-corrected chi connectivity index (χ1v) is 11.9. The zero-order valence-corrected chi connectivity index (χ0v) is 18.9. The molecule has 0 aliphatic carbocycles. The average Bonchev–Trinajstić information content (AvgIpc) is 2.61. The summed E-state index contributed by atoms with van der Waals surface area (Å²) in [4.78, 5) is 0. The Morgan fingerprint density at radius 2 is 0.960 bits per heavy atom. The number of rotatable bonds is 12. The maximum absolute atomic E-state index is 6.62. The van der Waals surface area contributed by atoms with E-state index in [0.29, 0.717) is 12.8 Å². The van der Waals surface area contributed by atoms with Gasteiger partial charge in [-0.1, -0.05) is 13.8 Å². The Labute approximate surface area is 154 Å². The lowest BCUT2D eigenvalue weighted by Gasteiger charge is -2.51. The molecule has 0 spiro atoms. The summed E-state index contributed by atoms with van der Waals surface area (Å²) in [7, 11) is -1.23. The minimum atomic E-state index is -3.58. The van der Waals surface area contributed by atoms with E-state index in [2.05, 4.69) is 0 Å². The number of nitrogens with two attached hydrogens (primary N) is 4. The molecule has 0 aromatic carbocycles. The fourth-order valence-electron chi connectivity index (χ4n) is 3.09. The Morgan fingerprint density at radius 1 is 0.720 bits per heavy atom. The summed E-state index contributed by atoms with van der Waals surface area (Å²) in [6, 6.07) is -0.929. The van der Waals surface area contributed by atoms with Crippen LogP contribution in [0.5, 0.6) is 0 Å². The van der Waals surface area contributed by atoms with Gasteiger partial charge in [-0.25, -0.2) is 0 Å². The molecular formula is C14H38N4O5Si2. The Morgan fingerprint density at radius 3 is 1.08 bits per heavy atom. The van der Waals surface area contributed by atoms with Crippen LogP contribution in [0, 0.1) is 0 Å². The Kier molecular flexibility index (Phi) is 9.35. The van der Waals surface area contributed by atoms with Gasteiger partial charge in [0.1, 0.15) is 10.3 Å². The molecule has 0 saturated carbocycles. The van der Waals surface area contributed by atoms with E-state index >= 15 is 0 Å². The fourth-order valence-corrected chi connectivity index (χ4v) is 11.2. The fraction of sp³-hybridized carbons (Fsp3) is 1.00. The molecule has 0 aromatic heterocycles. The van der Waals surface area contributed by atoms with Gasteiger partial charge in [-0.15, -0.1) is 0 Å². The van der Waals surface area contributed by atoms with Crippen molar-refractivity contribution in [2.24, 2.45) is 22.9 Å². The van der Waals surface area contributed by atoms with Crippen LogP contribution in [0.25, 0.3) is 0 Å². The third-order valence-electron chi connectivity index (χ3n) is 5.28. The minimum Gasteiger partial charge on any atom is -0.376 e. The van der Waals surface area contributed by atoms with Gasteiger partial charge in [-0.05, 0) is 26.7 Å². The molecule has 0 aliphatic rings. The molecular weight excluding hydrogens is 360 g/mol. The Hall–Kier alpha value is 0.0738. The maximum atomic E-state index is 6.62. The molecule has 0 bridgehead atoms. The Bertz CT molecular complexity index is 375. The highest BCUT2D eigenvalue weighted by molar-refractivity contribution is 6.78. The van der Waals surface area contributed by atoms with Crippen LogP contribution in [0.2, 0.25) is 0 Å². The van der Waals surface area contributed by atoms with E-state index in [1.807, 2.05) is 13.8 Å². The second-order valence-electron chi connectivity index (χ2n) is 6.40. The average molecular weight is 399 g/mol. The van der Waals surface area contributed by atoms with Gasteiger partial charge in [0, 0.05) is 40.5 Å². The molecule has 0 amide bonds. The zero-order valence-electron chi connectivity index (χ0n) is 16.9. The minimum absolute atomic E-state index is 0.464. The topological polar surface area (TPSA) is 150 Å². The van der Waals surface area contributed by atoms with Gasteiger partial charge in [-0.2, -0.15) is 0 Å². The monoisotopic (exact) mass is 398 g/mol. The van der Waals surface area contributed by atoms with Crippen molar-refractivity contribution in [3.05, 3.63) is 0 Å². The predicted molar refractivity (Wildman–Crippen MR) is 102 cm³/mol. The lowest BCUT2D eigenvalue weighted by Crippen LogP contribution is -2.83. The molecule has 0 aromatic rings. The van der Waals surface area contributed by atoms with Crippen LogP contribution in [-0.2, 0) is 21.8 Å². The normalized spacial score (nSPS) is 20.6. The summed E-state index contributed by atoms with van der Waals surface area (Å²) in [5, 5.41) is -2.11. The van der Waals surface area contributed by atoms with Gasteiger partial charge in [0.2, 0.25) is 0 Å². The van der Waals surface area contributed by atoms with Crippen molar-refractivity contribution in [3.63, 3.8) is 0 Å².